The van der Waals surface area contributed by atoms with E-state index in [4.69, 9.17) is 8.92 Å². The zero-order valence-electron chi connectivity index (χ0n) is 19.1. The van der Waals surface area contributed by atoms with Crippen molar-refractivity contribution in [3.05, 3.63) is 66.1 Å². The number of rotatable bonds is 10. The summed E-state index contributed by atoms with van der Waals surface area (Å²) in [4.78, 5) is 13.6. The number of amides is 1. The van der Waals surface area contributed by atoms with Crippen molar-refractivity contribution < 1.29 is 30.6 Å². The third kappa shape index (κ3) is 6.00. The number of hydrogen-bond donors (Lipinski definition) is 1. The Kier molecular flexibility index (Phi) is 7.41. The van der Waals surface area contributed by atoms with E-state index in [1.54, 1.807) is 36.4 Å². The minimum absolute atomic E-state index is 0.177. The molecule has 0 atom stereocenters. The number of ether oxygens (including phenoxy) is 1. The van der Waals surface area contributed by atoms with Gasteiger partial charge in [0.05, 0.1) is 11.9 Å². The SMILES string of the molecule is C=C(Oc1cc(Cc2ccccc2OS(C)(=O)=O)ccc1N1CC(=O)NS1(=O)=O)N(CC)CC. The molecule has 34 heavy (non-hydrogen) atoms. The third-order valence-corrected chi connectivity index (χ3v) is 6.94. The summed E-state index contributed by atoms with van der Waals surface area (Å²) >= 11 is 0. The van der Waals surface area contributed by atoms with Gasteiger partial charge in [0.1, 0.15) is 12.3 Å². The first-order valence-corrected chi connectivity index (χ1v) is 13.7. The van der Waals surface area contributed by atoms with Crippen LogP contribution in [0.5, 0.6) is 11.5 Å². The van der Waals surface area contributed by atoms with E-state index >= 15 is 0 Å². The summed E-state index contributed by atoms with van der Waals surface area (Å²) in [6.45, 7) is 8.69. The van der Waals surface area contributed by atoms with E-state index in [0.29, 0.717) is 30.1 Å². The average Bonchev–Trinajstić information content (AvgIpc) is 3.01. The van der Waals surface area contributed by atoms with Gasteiger partial charge in [-0.1, -0.05) is 24.3 Å². The lowest BCUT2D eigenvalue weighted by Gasteiger charge is -2.26. The molecule has 0 radical (unpaired) electrons. The molecule has 0 spiro atoms. The van der Waals surface area contributed by atoms with Gasteiger partial charge in [0.15, 0.2) is 11.6 Å². The highest BCUT2D eigenvalue weighted by molar-refractivity contribution is 7.92. The highest BCUT2D eigenvalue weighted by Crippen LogP contribution is 2.35. The Morgan fingerprint density at radius 1 is 1.15 bits per heavy atom. The largest absolute Gasteiger partial charge is 0.440 e. The molecule has 2 aromatic carbocycles. The van der Waals surface area contributed by atoms with Crippen LogP contribution in [0.3, 0.4) is 0 Å². The van der Waals surface area contributed by atoms with Crippen LogP contribution in [0.15, 0.2) is 54.9 Å². The van der Waals surface area contributed by atoms with Crippen LogP contribution in [0, 0.1) is 0 Å². The van der Waals surface area contributed by atoms with E-state index in [1.165, 1.54) is 6.07 Å². The molecule has 0 saturated carbocycles. The Morgan fingerprint density at radius 2 is 1.82 bits per heavy atom. The molecule has 1 fully saturated rings. The Hall–Kier alpha value is -3.25. The van der Waals surface area contributed by atoms with Gasteiger partial charge in [-0.15, -0.1) is 0 Å². The lowest BCUT2D eigenvalue weighted by molar-refractivity contribution is -0.117. The number of hydrogen-bond acceptors (Lipinski definition) is 8. The van der Waals surface area contributed by atoms with E-state index < -0.39 is 26.2 Å². The van der Waals surface area contributed by atoms with Gasteiger partial charge < -0.3 is 13.8 Å². The van der Waals surface area contributed by atoms with E-state index in [2.05, 4.69) is 6.58 Å². The number of nitrogens with one attached hydrogen (secondary N) is 1. The topological polar surface area (TPSA) is 122 Å². The number of para-hydroxylation sites is 1. The Labute approximate surface area is 200 Å². The zero-order valence-corrected chi connectivity index (χ0v) is 20.8. The maximum atomic E-state index is 12.4. The number of carbonyl (C=O) groups is 1. The molecule has 12 heteroatoms. The molecule has 2 aromatic rings. The summed E-state index contributed by atoms with van der Waals surface area (Å²) in [5.74, 6) is 0.0570. The summed E-state index contributed by atoms with van der Waals surface area (Å²) in [6.07, 6.45) is 1.25. The molecule has 184 valence electrons. The lowest BCUT2D eigenvalue weighted by Crippen LogP contribution is -2.30. The summed E-state index contributed by atoms with van der Waals surface area (Å²) < 4.78 is 62.1. The molecule has 0 bridgehead atoms. The van der Waals surface area contributed by atoms with Crippen LogP contribution < -0.4 is 17.9 Å². The first kappa shape index (κ1) is 25.4. The van der Waals surface area contributed by atoms with Crippen LogP contribution in [0.25, 0.3) is 0 Å². The minimum Gasteiger partial charge on any atom is -0.440 e. The fourth-order valence-electron chi connectivity index (χ4n) is 3.50. The fraction of sp³-hybridized carbons (Fsp3) is 0.318. The van der Waals surface area contributed by atoms with Gasteiger partial charge in [-0.3, -0.25) is 4.79 Å². The van der Waals surface area contributed by atoms with Crippen LogP contribution in [0.1, 0.15) is 25.0 Å². The number of carbonyl (C=O) groups excluding carboxylic acids is 1. The van der Waals surface area contributed by atoms with Crippen LogP contribution in [0.4, 0.5) is 5.69 Å². The van der Waals surface area contributed by atoms with Crippen molar-refractivity contribution in [3.63, 3.8) is 0 Å². The van der Waals surface area contributed by atoms with Gasteiger partial charge in [0.25, 0.3) is 5.91 Å². The number of nitrogens with zero attached hydrogens (tertiary/aromatic N) is 2. The van der Waals surface area contributed by atoms with Crippen molar-refractivity contribution in [1.29, 1.82) is 0 Å². The quantitative estimate of drug-likeness (QED) is 0.381. The Balaban J connectivity index is 2.02. The first-order chi connectivity index (χ1) is 15.9. The zero-order chi connectivity index (χ0) is 25.1. The number of benzene rings is 2. The van der Waals surface area contributed by atoms with Crippen molar-refractivity contribution in [2.45, 2.75) is 20.3 Å². The standard InChI is InChI=1S/C22H27N3O7S2/c1-5-24(6-2)16(3)31-21-14-17(11-12-19(21)25-15-22(26)23-34(25,29)30)13-18-9-7-8-10-20(18)32-33(4,27)28/h7-12,14H,3,5-6,13,15H2,1-2,4H3,(H,23,26). The van der Waals surface area contributed by atoms with Crippen molar-refractivity contribution in [1.82, 2.24) is 9.62 Å². The first-order valence-electron chi connectivity index (χ1n) is 10.5. The molecular formula is C22H27N3O7S2. The molecule has 1 amide bonds. The second-order valence-electron chi connectivity index (χ2n) is 7.58. The van der Waals surface area contributed by atoms with Crippen molar-refractivity contribution in [2.75, 3.05) is 30.2 Å². The minimum atomic E-state index is -4.05. The molecule has 1 aliphatic heterocycles. The van der Waals surface area contributed by atoms with Gasteiger partial charge in [-0.25, -0.2) is 9.03 Å². The maximum absolute atomic E-state index is 12.4. The molecular weight excluding hydrogens is 482 g/mol. The smallest absolute Gasteiger partial charge is 0.326 e. The fourth-order valence-corrected chi connectivity index (χ4v) is 5.15. The molecule has 1 heterocycles. The third-order valence-electron chi connectivity index (χ3n) is 5.07. The van der Waals surface area contributed by atoms with Crippen molar-refractivity contribution in [2.24, 2.45) is 0 Å². The predicted octanol–water partition coefficient (Wildman–Crippen LogP) is 1.99. The van der Waals surface area contributed by atoms with Crippen LogP contribution in [0.2, 0.25) is 0 Å². The summed E-state index contributed by atoms with van der Waals surface area (Å²) in [5.41, 5.74) is 1.49. The second kappa shape index (κ2) is 9.94. The van der Waals surface area contributed by atoms with E-state index in [-0.39, 0.29) is 30.2 Å². The van der Waals surface area contributed by atoms with Crippen LogP contribution in [-0.2, 0) is 31.5 Å². The van der Waals surface area contributed by atoms with Crippen molar-refractivity contribution in [3.8, 4) is 11.5 Å². The van der Waals surface area contributed by atoms with Gasteiger partial charge in [0, 0.05) is 25.1 Å². The van der Waals surface area contributed by atoms with Gasteiger partial charge in [0.2, 0.25) is 0 Å². The molecule has 1 saturated heterocycles. The second-order valence-corrected chi connectivity index (χ2v) is 10.7. The molecule has 1 aliphatic rings. The summed E-state index contributed by atoms with van der Waals surface area (Å²) in [6, 6.07) is 11.6. The predicted molar refractivity (Wildman–Crippen MR) is 128 cm³/mol. The summed E-state index contributed by atoms with van der Waals surface area (Å²) in [5, 5.41) is 0. The molecule has 0 unspecified atom stereocenters. The number of anilines is 1. The average molecular weight is 510 g/mol. The molecule has 1 N–H and O–H groups in total. The molecule has 3 rings (SSSR count). The van der Waals surface area contributed by atoms with Crippen molar-refractivity contribution >= 4 is 31.9 Å². The normalized spacial score (nSPS) is 15.0. The maximum Gasteiger partial charge on any atom is 0.326 e. The van der Waals surface area contributed by atoms with Gasteiger partial charge >= 0.3 is 20.3 Å². The Bertz CT molecular complexity index is 1300. The van der Waals surface area contributed by atoms with E-state index in [9.17, 15) is 21.6 Å². The highest BCUT2D eigenvalue weighted by atomic mass is 32.2. The summed E-state index contributed by atoms with van der Waals surface area (Å²) in [7, 11) is -7.78. The van der Waals surface area contributed by atoms with E-state index in [1.807, 2.05) is 23.5 Å². The monoisotopic (exact) mass is 509 g/mol. The van der Waals surface area contributed by atoms with Crippen LogP contribution >= 0.6 is 0 Å². The highest BCUT2D eigenvalue weighted by Gasteiger charge is 2.36. The van der Waals surface area contributed by atoms with Crippen LogP contribution in [-0.4, -0.2) is 53.5 Å². The molecule has 0 aromatic heterocycles. The van der Waals surface area contributed by atoms with Gasteiger partial charge in [-0.2, -0.15) is 16.8 Å². The lowest BCUT2D eigenvalue weighted by atomic mass is 10.0. The molecule has 0 aliphatic carbocycles. The van der Waals surface area contributed by atoms with E-state index in [0.717, 1.165) is 10.6 Å². The Morgan fingerprint density at radius 3 is 2.41 bits per heavy atom. The van der Waals surface area contributed by atoms with Gasteiger partial charge in [-0.05, 0) is 44.2 Å². The molecule has 10 nitrogen and oxygen atoms in total.